The third-order valence-corrected chi connectivity index (χ3v) is 6.53. The van der Waals surface area contributed by atoms with E-state index < -0.39 is 6.04 Å². The summed E-state index contributed by atoms with van der Waals surface area (Å²) in [5.41, 5.74) is 2.70. The Bertz CT molecular complexity index is 1400. The van der Waals surface area contributed by atoms with E-state index in [1.165, 1.54) is 22.1 Å². The molecular formula is C22H17N5O2S2. The van der Waals surface area contributed by atoms with Crippen LogP contribution in [0.1, 0.15) is 13.0 Å². The quantitative estimate of drug-likeness (QED) is 0.429. The van der Waals surface area contributed by atoms with Crippen LogP contribution in [0.25, 0.3) is 26.8 Å². The summed E-state index contributed by atoms with van der Waals surface area (Å²) in [6, 6.07) is 13.7. The highest BCUT2D eigenvalue weighted by Gasteiger charge is 2.19. The number of nitrogens with one attached hydrogen (secondary N) is 1. The Hall–Kier alpha value is -3.56. The van der Waals surface area contributed by atoms with Gasteiger partial charge in [0.1, 0.15) is 11.7 Å². The molecule has 1 atom stereocenters. The van der Waals surface area contributed by atoms with Crippen LogP contribution in [0.2, 0.25) is 0 Å². The Morgan fingerprint density at radius 1 is 1.06 bits per heavy atom. The number of rotatable bonds is 5. The predicted octanol–water partition coefficient (Wildman–Crippen LogP) is 4.55. The van der Waals surface area contributed by atoms with E-state index in [1.807, 2.05) is 64.0 Å². The minimum atomic E-state index is -0.769. The van der Waals surface area contributed by atoms with Crippen molar-refractivity contribution in [2.45, 2.75) is 13.0 Å². The highest BCUT2D eigenvalue weighted by molar-refractivity contribution is 7.15. The second-order valence-electron chi connectivity index (χ2n) is 6.94. The number of anilines is 1. The van der Waals surface area contributed by atoms with Gasteiger partial charge in [-0.25, -0.2) is 9.67 Å². The van der Waals surface area contributed by atoms with Gasteiger partial charge in [0.15, 0.2) is 4.96 Å². The summed E-state index contributed by atoms with van der Waals surface area (Å²) >= 11 is 3.09. The average molecular weight is 448 g/mol. The number of thiazole rings is 1. The van der Waals surface area contributed by atoms with E-state index in [0.29, 0.717) is 11.4 Å². The summed E-state index contributed by atoms with van der Waals surface area (Å²) in [4.78, 5) is 31.7. The number of amides is 1. The Morgan fingerprint density at radius 3 is 2.77 bits per heavy atom. The van der Waals surface area contributed by atoms with Crippen LogP contribution in [0, 0.1) is 0 Å². The summed E-state index contributed by atoms with van der Waals surface area (Å²) in [6.45, 7) is 1.66. The van der Waals surface area contributed by atoms with Crippen molar-refractivity contribution in [2.75, 3.05) is 5.32 Å². The Balaban J connectivity index is 1.38. The highest BCUT2D eigenvalue weighted by Crippen LogP contribution is 2.25. The molecule has 1 unspecified atom stereocenters. The first-order chi connectivity index (χ1) is 15.1. The van der Waals surface area contributed by atoms with Gasteiger partial charge in [0.25, 0.3) is 5.56 Å². The van der Waals surface area contributed by atoms with Crippen molar-refractivity contribution in [3.63, 3.8) is 0 Å². The number of carbonyl (C=O) groups excluding carboxylic acids is 1. The predicted molar refractivity (Wildman–Crippen MR) is 124 cm³/mol. The van der Waals surface area contributed by atoms with Crippen molar-refractivity contribution >= 4 is 39.2 Å². The molecule has 0 bridgehead atoms. The molecule has 1 amide bonds. The Kier molecular flexibility index (Phi) is 4.97. The van der Waals surface area contributed by atoms with Crippen molar-refractivity contribution in [1.82, 2.24) is 19.2 Å². The molecule has 7 nitrogen and oxygen atoms in total. The zero-order valence-corrected chi connectivity index (χ0v) is 18.1. The molecule has 5 aromatic rings. The Morgan fingerprint density at radius 2 is 1.97 bits per heavy atom. The topological polar surface area (TPSA) is 81.3 Å². The van der Waals surface area contributed by atoms with Crippen molar-refractivity contribution in [2.24, 2.45) is 0 Å². The number of thiophene rings is 1. The molecule has 1 N–H and O–H groups in total. The summed E-state index contributed by atoms with van der Waals surface area (Å²) in [5, 5.41) is 11.2. The van der Waals surface area contributed by atoms with Crippen LogP contribution in [0.4, 0.5) is 5.69 Å². The number of carbonyl (C=O) groups is 1. The number of imidazole rings is 1. The molecule has 0 radical (unpaired) electrons. The first-order valence-electron chi connectivity index (χ1n) is 9.56. The van der Waals surface area contributed by atoms with Crippen LogP contribution >= 0.6 is 22.7 Å². The standard InChI is InChI=1S/C22H17N5O2S2/c1-14(27-20(28)8-7-17(25-27)19-6-3-10-30-19)21(29)23-16-5-2-4-15(12-16)18-13-26-9-11-31-22(26)24-18/h2-14H,1H3,(H,23,29). The SMILES string of the molecule is CC(C(=O)Nc1cccc(-c2cn3ccsc3n2)c1)n1nc(-c2cccs2)ccc1=O. The number of nitrogens with zero attached hydrogens (tertiary/aromatic N) is 4. The van der Waals surface area contributed by atoms with E-state index in [2.05, 4.69) is 15.4 Å². The largest absolute Gasteiger partial charge is 0.324 e. The van der Waals surface area contributed by atoms with E-state index in [0.717, 1.165) is 21.1 Å². The monoisotopic (exact) mass is 447 g/mol. The fourth-order valence-corrected chi connectivity index (χ4v) is 4.63. The van der Waals surface area contributed by atoms with Crippen LogP contribution in [-0.4, -0.2) is 25.1 Å². The van der Waals surface area contributed by atoms with Crippen LogP contribution in [0.5, 0.6) is 0 Å². The fourth-order valence-electron chi connectivity index (χ4n) is 3.24. The average Bonchev–Trinajstić information content (AvgIpc) is 3.51. The first kappa shape index (κ1) is 19.4. The maximum atomic E-state index is 12.9. The third kappa shape index (κ3) is 3.80. The summed E-state index contributed by atoms with van der Waals surface area (Å²) in [6.07, 6.45) is 3.91. The van der Waals surface area contributed by atoms with Gasteiger partial charge in [-0.2, -0.15) is 5.10 Å². The molecule has 0 aliphatic rings. The first-order valence-corrected chi connectivity index (χ1v) is 11.3. The van der Waals surface area contributed by atoms with Crippen LogP contribution < -0.4 is 10.9 Å². The van der Waals surface area contributed by atoms with Gasteiger partial charge in [-0.3, -0.25) is 14.0 Å². The van der Waals surface area contributed by atoms with Crippen molar-refractivity contribution < 1.29 is 4.79 Å². The van der Waals surface area contributed by atoms with Gasteiger partial charge in [-0.1, -0.05) is 18.2 Å². The van der Waals surface area contributed by atoms with E-state index in [1.54, 1.807) is 24.3 Å². The van der Waals surface area contributed by atoms with Gasteiger partial charge in [0.05, 0.1) is 10.6 Å². The molecule has 4 heterocycles. The van der Waals surface area contributed by atoms with Crippen LogP contribution in [-0.2, 0) is 4.79 Å². The third-order valence-electron chi connectivity index (χ3n) is 4.86. The Labute approximate surface area is 185 Å². The molecule has 0 spiro atoms. The number of hydrogen-bond donors (Lipinski definition) is 1. The zero-order chi connectivity index (χ0) is 21.4. The van der Waals surface area contributed by atoms with Gasteiger partial charge in [-0.15, -0.1) is 22.7 Å². The summed E-state index contributed by atoms with van der Waals surface area (Å²) in [5.74, 6) is -0.319. The van der Waals surface area contributed by atoms with Crippen molar-refractivity contribution in [1.29, 1.82) is 0 Å². The molecule has 1 aromatic carbocycles. The van der Waals surface area contributed by atoms with Gasteiger partial charge < -0.3 is 5.32 Å². The molecule has 5 rings (SSSR count). The molecule has 4 aromatic heterocycles. The van der Waals surface area contributed by atoms with Gasteiger partial charge in [0, 0.05) is 35.1 Å². The number of benzene rings is 1. The van der Waals surface area contributed by atoms with E-state index >= 15 is 0 Å². The number of hydrogen-bond acceptors (Lipinski definition) is 6. The van der Waals surface area contributed by atoms with Gasteiger partial charge >= 0.3 is 0 Å². The van der Waals surface area contributed by atoms with E-state index in [9.17, 15) is 9.59 Å². The molecule has 0 aliphatic carbocycles. The van der Waals surface area contributed by atoms with Gasteiger partial charge in [-0.05, 0) is 36.6 Å². The molecule has 0 saturated carbocycles. The normalized spacial score (nSPS) is 12.2. The van der Waals surface area contributed by atoms with Crippen molar-refractivity contribution in [3.05, 3.63) is 82.0 Å². The fraction of sp³-hybridized carbons (Fsp3) is 0.0909. The maximum absolute atomic E-state index is 12.9. The molecular weight excluding hydrogens is 430 g/mol. The molecule has 154 valence electrons. The van der Waals surface area contributed by atoms with Crippen molar-refractivity contribution in [3.8, 4) is 21.8 Å². The van der Waals surface area contributed by atoms with E-state index in [4.69, 9.17) is 0 Å². The minimum absolute atomic E-state index is 0.319. The maximum Gasteiger partial charge on any atom is 0.267 e. The lowest BCUT2D eigenvalue weighted by molar-refractivity contribution is -0.119. The minimum Gasteiger partial charge on any atom is -0.324 e. The smallest absolute Gasteiger partial charge is 0.267 e. The molecule has 0 saturated heterocycles. The van der Waals surface area contributed by atoms with E-state index in [-0.39, 0.29) is 11.5 Å². The lowest BCUT2D eigenvalue weighted by Gasteiger charge is -2.15. The van der Waals surface area contributed by atoms with Crippen LogP contribution in [0.3, 0.4) is 0 Å². The second-order valence-corrected chi connectivity index (χ2v) is 8.76. The number of aromatic nitrogens is 4. The highest BCUT2D eigenvalue weighted by atomic mass is 32.1. The number of fused-ring (bicyclic) bond motifs is 1. The van der Waals surface area contributed by atoms with Crippen LogP contribution in [0.15, 0.2) is 76.5 Å². The zero-order valence-electron chi connectivity index (χ0n) is 16.4. The molecule has 9 heteroatoms. The summed E-state index contributed by atoms with van der Waals surface area (Å²) in [7, 11) is 0. The lowest BCUT2D eigenvalue weighted by atomic mass is 10.1. The molecule has 0 fully saturated rings. The van der Waals surface area contributed by atoms with Gasteiger partial charge in [0.2, 0.25) is 5.91 Å². The molecule has 31 heavy (non-hydrogen) atoms. The lowest BCUT2D eigenvalue weighted by Crippen LogP contribution is -2.33. The summed E-state index contributed by atoms with van der Waals surface area (Å²) < 4.78 is 3.18. The molecule has 0 aliphatic heterocycles. The second kappa shape index (κ2) is 7.93.